The third-order valence-electron chi connectivity index (χ3n) is 0. The van der Waals surface area contributed by atoms with E-state index in [1.165, 1.54) is 0 Å². The topological polar surface area (TPSA) is 0 Å². The summed E-state index contributed by atoms with van der Waals surface area (Å²) >= 11 is 5.38. The van der Waals surface area contributed by atoms with Crippen LogP contribution in [0.1, 0.15) is 0 Å². The Bertz CT molecular complexity index is 7.61. The molecule has 0 aromatic carbocycles. The molecule has 0 radical (unpaired) electrons. The van der Waals surface area contributed by atoms with Gasteiger partial charge in [-0.3, -0.25) is 11.7 Å². The fourth-order valence-electron chi connectivity index (χ4n) is 0. The Labute approximate surface area is 62.7 Å². The molecule has 5 heavy (non-hydrogen) atoms. The van der Waals surface area contributed by atoms with Gasteiger partial charge in [-0.15, -0.1) is 0 Å². The summed E-state index contributed by atoms with van der Waals surface area (Å²) in [7, 11) is 0. The van der Waals surface area contributed by atoms with Crippen molar-refractivity contribution in [2.24, 2.45) is 0 Å². The molecule has 0 atom stereocenters. The van der Waals surface area contributed by atoms with Crippen molar-refractivity contribution in [2.75, 3.05) is 0 Å². The van der Waals surface area contributed by atoms with Gasteiger partial charge in [0.25, 0.3) is 0 Å². The summed E-state index contributed by atoms with van der Waals surface area (Å²) < 4.78 is 0. The number of halogens is 2. The van der Waals surface area contributed by atoms with Gasteiger partial charge in [0.2, 0.25) is 0 Å². The van der Waals surface area contributed by atoms with Gasteiger partial charge in [-0.05, 0) is 0 Å². The quantitative estimate of drug-likeness (QED) is 0.459. The largest absolute Gasteiger partial charge is 2.00 e. The molecule has 0 fully saturated rings. The van der Waals surface area contributed by atoms with Crippen LogP contribution in [-0.4, -0.2) is 0 Å². The van der Waals surface area contributed by atoms with Gasteiger partial charge in [0.05, 0.1) is 0 Å². The van der Waals surface area contributed by atoms with E-state index in [4.69, 9.17) is 0 Å². The molecule has 0 spiro atoms. The molecule has 0 bridgehead atoms. The standard InChI is InChI=1S/2CH2Br.Zn/c2*1-2;/h2*1H2;/q2*-1;+2. The van der Waals surface area contributed by atoms with Crippen LogP contribution in [0.15, 0.2) is 0 Å². The zero-order valence-corrected chi connectivity index (χ0v) is 9.02. The summed E-state index contributed by atoms with van der Waals surface area (Å²) in [6.07, 6.45) is 0. The molecule has 0 aliphatic heterocycles. The number of hydrogen-bond acceptors (Lipinski definition) is 0. The smallest absolute Gasteiger partial charge is 0.323 e. The van der Waals surface area contributed by atoms with E-state index in [1.54, 1.807) is 0 Å². The Morgan fingerprint density at radius 1 is 0.800 bits per heavy atom. The monoisotopic (exact) mass is 250 g/mol. The van der Waals surface area contributed by atoms with Crippen LogP contribution >= 0.6 is 31.9 Å². The fourth-order valence-corrected chi connectivity index (χ4v) is 0. The maximum atomic E-state index is 3.06. The van der Waals surface area contributed by atoms with Crippen LogP contribution in [0, 0.1) is 11.7 Å². The molecule has 0 saturated carbocycles. The van der Waals surface area contributed by atoms with E-state index in [2.05, 4.69) is 43.5 Å². The minimum absolute atomic E-state index is 0. The number of rotatable bonds is 0. The zero-order chi connectivity index (χ0) is 4.00. The van der Waals surface area contributed by atoms with Crippen molar-refractivity contribution in [3.63, 3.8) is 0 Å². The molecule has 0 aromatic heterocycles. The SMILES string of the molecule is [CH2-]Br.[CH2-]Br.[Zn+2]. The maximum Gasteiger partial charge on any atom is 2.00 e. The van der Waals surface area contributed by atoms with E-state index in [0.29, 0.717) is 0 Å². The molecule has 28 valence electrons. The first kappa shape index (κ1) is 16.0. The van der Waals surface area contributed by atoms with E-state index < -0.39 is 0 Å². The molecule has 0 aliphatic carbocycles. The van der Waals surface area contributed by atoms with Crippen molar-refractivity contribution >= 4 is 31.9 Å². The second-order valence-corrected chi connectivity index (χ2v) is 0. The van der Waals surface area contributed by atoms with Gasteiger partial charge in [-0.25, -0.2) is 0 Å². The fraction of sp³-hybridized carbons (Fsp3) is 0. The Hall–Kier alpha value is 1.58. The molecular weight excluding hydrogens is 249 g/mol. The van der Waals surface area contributed by atoms with E-state index >= 15 is 0 Å². The van der Waals surface area contributed by atoms with Gasteiger partial charge in [0.15, 0.2) is 0 Å². The minimum Gasteiger partial charge on any atom is -0.323 e. The predicted molar refractivity (Wildman–Crippen MR) is 28.6 cm³/mol. The molecule has 0 heterocycles. The second kappa shape index (κ2) is 46.8. The summed E-state index contributed by atoms with van der Waals surface area (Å²) in [5, 5.41) is 0. The summed E-state index contributed by atoms with van der Waals surface area (Å²) in [6, 6.07) is 0. The van der Waals surface area contributed by atoms with Crippen LogP contribution in [0.5, 0.6) is 0 Å². The van der Waals surface area contributed by atoms with Gasteiger partial charge in [0, 0.05) is 0 Å². The van der Waals surface area contributed by atoms with Gasteiger partial charge in [-0.1, -0.05) is 0 Å². The van der Waals surface area contributed by atoms with Crippen molar-refractivity contribution in [2.45, 2.75) is 0 Å². The molecule has 0 amide bonds. The minimum atomic E-state index is 0. The third kappa shape index (κ3) is 28.6. The van der Waals surface area contributed by atoms with E-state index in [0.717, 1.165) is 0 Å². The Morgan fingerprint density at radius 2 is 0.800 bits per heavy atom. The first-order valence-corrected chi connectivity index (χ1v) is 2.78. The summed E-state index contributed by atoms with van der Waals surface area (Å²) in [6.45, 7) is 0. The molecular formula is C2H4Br2Zn. The average molecular weight is 253 g/mol. The Balaban J connectivity index is -0.0000000133. The molecule has 0 rings (SSSR count). The van der Waals surface area contributed by atoms with Crippen molar-refractivity contribution in [3.05, 3.63) is 11.7 Å². The van der Waals surface area contributed by atoms with E-state index in [9.17, 15) is 0 Å². The van der Waals surface area contributed by atoms with Crippen molar-refractivity contribution in [1.82, 2.24) is 0 Å². The molecule has 0 nitrogen and oxygen atoms in total. The van der Waals surface area contributed by atoms with Gasteiger partial charge in [0.1, 0.15) is 0 Å². The van der Waals surface area contributed by atoms with Crippen LogP contribution in [-0.2, 0) is 19.5 Å². The molecule has 0 N–H and O–H groups in total. The molecule has 3 heteroatoms. The van der Waals surface area contributed by atoms with Gasteiger partial charge in [-0.2, -0.15) is 0 Å². The van der Waals surface area contributed by atoms with Gasteiger partial charge >= 0.3 is 19.5 Å². The first-order chi connectivity index (χ1) is 2.00. The van der Waals surface area contributed by atoms with Crippen LogP contribution < -0.4 is 0 Å². The average Bonchev–Trinajstić information content (AvgIpc) is 1.50. The predicted octanol–water partition coefficient (Wildman–Crippen LogP) is 2.34. The van der Waals surface area contributed by atoms with E-state index in [-0.39, 0.29) is 19.5 Å². The van der Waals surface area contributed by atoms with Crippen LogP contribution in [0.2, 0.25) is 0 Å². The summed E-state index contributed by atoms with van der Waals surface area (Å²) in [5.41, 5.74) is 0. The normalized spacial score (nSPS) is 2.40. The maximum absolute atomic E-state index is 3.06. The summed E-state index contributed by atoms with van der Waals surface area (Å²) in [5.74, 6) is 6.12. The Morgan fingerprint density at radius 3 is 0.800 bits per heavy atom. The molecule has 0 unspecified atom stereocenters. The Kier molecular flexibility index (Phi) is 150. The van der Waals surface area contributed by atoms with Crippen molar-refractivity contribution in [3.8, 4) is 0 Å². The third-order valence-corrected chi connectivity index (χ3v) is 0. The number of hydrogen-bond donors (Lipinski definition) is 0. The zero-order valence-electron chi connectivity index (χ0n) is 2.88. The molecule has 0 saturated heterocycles. The first-order valence-electron chi connectivity index (χ1n) is 0.535. The van der Waals surface area contributed by atoms with E-state index in [1.807, 2.05) is 0 Å². The summed E-state index contributed by atoms with van der Waals surface area (Å²) in [4.78, 5) is 0. The van der Waals surface area contributed by atoms with Gasteiger partial charge < -0.3 is 31.9 Å². The van der Waals surface area contributed by atoms with Crippen molar-refractivity contribution < 1.29 is 19.5 Å². The molecule has 0 aliphatic rings. The van der Waals surface area contributed by atoms with Crippen LogP contribution in [0.25, 0.3) is 0 Å². The molecule has 0 aromatic rings. The second-order valence-electron chi connectivity index (χ2n) is 0. The van der Waals surface area contributed by atoms with Crippen molar-refractivity contribution in [1.29, 1.82) is 0 Å². The van der Waals surface area contributed by atoms with Crippen LogP contribution in [0.3, 0.4) is 0 Å². The van der Waals surface area contributed by atoms with Crippen LogP contribution in [0.4, 0.5) is 0 Å².